The topological polar surface area (TPSA) is 79.5 Å². The molecule has 0 saturated carbocycles. The van der Waals surface area contributed by atoms with Gasteiger partial charge in [0.05, 0.1) is 5.56 Å². The van der Waals surface area contributed by atoms with Crippen LogP contribution < -0.4 is 5.32 Å². The highest BCUT2D eigenvalue weighted by Crippen LogP contribution is 2.25. The summed E-state index contributed by atoms with van der Waals surface area (Å²) in [6.07, 6.45) is 0. The van der Waals surface area contributed by atoms with Crippen LogP contribution in [0.5, 0.6) is 0 Å². The highest BCUT2D eigenvalue weighted by Gasteiger charge is 2.17. The van der Waals surface area contributed by atoms with Crippen LogP contribution in [-0.4, -0.2) is 17.0 Å². The van der Waals surface area contributed by atoms with Crippen molar-refractivity contribution >= 4 is 28.5 Å². The molecule has 3 aromatic rings. The number of rotatable bonds is 3. The van der Waals surface area contributed by atoms with Crippen molar-refractivity contribution in [2.24, 2.45) is 0 Å². The van der Waals surface area contributed by atoms with Gasteiger partial charge in [-0.1, -0.05) is 18.2 Å². The smallest absolute Gasteiger partial charge is 0.336 e. The van der Waals surface area contributed by atoms with Crippen molar-refractivity contribution in [1.82, 2.24) is 0 Å². The van der Waals surface area contributed by atoms with Crippen LogP contribution in [0.1, 0.15) is 32.0 Å². The van der Waals surface area contributed by atoms with Crippen LogP contribution in [0.4, 0.5) is 10.1 Å². The van der Waals surface area contributed by atoms with Gasteiger partial charge in [0, 0.05) is 11.1 Å². The second-order valence-electron chi connectivity index (χ2n) is 5.51. The predicted molar refractivity (Wildman–Crippen MR) is 87.0 cm³/mol. The molecule has 1 heterocycles. The standard InChI is InChI=1S/C18H14FNO4/c1-9-6-10(2)14(8-12(9)18(22)23)20-17(21)15-7-11-4-3-5-13(19)16(11)24-15/h3-8H,1-2H3,(H,20,21)(H,22,23). The van der Waals surface area contributed by atoms with Gasteiger partial charge >= 0.3 is 5.97 Å². The summed E-state index contributed by atoms with van der Waals surface area (Å²) < 4.78 is 18.9. The Kier molecular flexibility index (Phi) is 3.81. The van der Waals surface area contributed by atoms with Gasteiger partial charge in [-0.15, -0.1) is 0 Å². The zero-order chi connectivity index (χ0) is 17.4. The van der Waals surface area contributed by atoms with E-state index in [1.165, 1.54) is 24.3 Å². The Morgan fingerprint density at radius 1 is 1.12 bits per heavy atom. The van der Waals surface area contributed by atoms with Crippen LogP contribution in [0.2, 0.25) is 0 Å². The molecule has 0 radical (unpaired) electrons. The van der Waals surface area contributed by atoms with Crippen molar-refractivity contribution in [2.75, 3.05) is 5.32 Å². The number of amides is 1. The molecule has 24 heavy (non-hydrogen) atoms. The highest BCUT2D eigenvalue weighted by molar-refractivity contribution is 6.05. The molecule has 0 aliphatic rings. The first-order chi connectivity index (χ1) is 11.4. The summed E-state index contributed by atoms with van der Waals surface area (Å²) in [5.41, 5.74) is 1.79. The molecule has 6 heteroatoms. The van der Waals surface area contributed by atoms with Crippen LogP contribution in [-0.2, 0) is 0 Å². The Bertz CT molecular complexity index is 975. The van der Waals surface area contributed by atoms with Crippen molar-refractivity contribution in [2.45, 2.75) is 13.8 Å². The molecule has 0 aliphatic carbocycles. The monoisotopic (exact) mass is 327 g/mol. The molecule has 2 aromatic carbocycles. The van der Waals surface area contributed by atoms with Gasteiger partial charge in [0.2, 0.25) is 0 Å². The van der Waals surface area contributed by atoms with E-state index < -0.39 is 17.7 Å². The molecule has 0 saturated heterocycles. The number of para-hydroxylation sites is 1. The number of halogens is 1. The van der Waals surface area contributed by atoms with E-state index in [0.29, 0.717) is 22.2 Å². The molecule has 0 unspecified atom stereocenters. The average molecular weight is 327 g/mol. The largest absolute Gasteiger partial charge is 0.478 e. The van der Waals surface area contributed by atoms with Gasteiger partial charge in [-0.2, -0.15) is 0 Å². The number of carboxylic acids is 1. The zero-order valence-corrected chi connectivity index (χ0v) is 13.0. The van der Waals surface area contributed by atoms with Crippen LogP contribution >= 0.6 is 0 Å². The van der Waals surface area contributed by atoms with E-state index >= 15 is 0 Å². The van der Waals surface area contributed by atoms with E-state index in [-0.39, 0.29) is 16.9 Å². The fourth-order valence-corrected chi connectivity index (χ4v) is 2.54. The number of benzene rings is 2. The molecule has 1 amide bonds. The third-order valence-corrected chi connectivity index (χ3v) is 3.77. The molecule has 2 N–H and O–H groups in total. The number of carbonyl (C=O) groups is 2. The Balaban J connectivity index is 1.95. The van der Waals surface area contributed by atoms with Crippen LogP contribution in [0.25, 0.3) is 11.0 Å². The summed E-state index contributed by atoms with van der Waals surface area (Å²) in [4.78, 5) is 23.6. The Hall–Kier alpha value is -3.15. The fraction of sp³-hybridized carbons (Fsp3) is 0.111. The van der Waals surface area contributed by atoms with E-state index in [9.17, 15) is 19.1 Å². The van der Waals surface area contributed by atoms with Gasteiger partial charge in [0.1, 0.15) is 0 Å². The minimum absolute atomic E-state index is 0.00880. The first-order valence-corrected chi connectivity index (χ1v) is 7.21. The third-order valence-electron chi connectivity index (χ3n) is 3.77. The highest BCUT2D eigenvalue weighted by atomic mass is 19.1. The minimum Gasteiger partial charge on any atom is -0.478 e. The molecule has 1 aromatic heterocycles. The van der Waals surface area contributed by atoms with Gasteiger partial charge in [-0.05, 0) is 43.2 Å². The molecular weight excluding hydrogens is 313 g/mol. The number of nitrogens with one attached hydrogen (secondary N) is 1. The van der Waals surface area contributed by atoms with Crippen LogP contribution in [0.3, 0.4) is 0 Å². The number of carbonyl (C=O) groups excluding carboxylic acids is 1. The second-order valence-corrected chi connectivity index (χ2v) is 5.51. The Morgan fingerprint density at radius 3 is 2.54 bits per heavy atom. The molecule has 122 valence electrons. The lowest BCUT2D eigenvalue weighted by molar-refractivity contribution is 0.0695. The predicted octanol–water partition coefficient (Wildman–Crippen LogP) is 4.14. The number of anilines is 1. The Labute approximate surface area is 136 Å². The summed E-state index contributed by atoms with van der Waals surface area (Å²) in [5, 5.41) is 12.3. The van der Waals surface area contributed by atoms with E-state index in [4.69, 9.17) is 4.42 Å². The van der Waals surface area contributed by atoms with Gasteiger partial charge in [-0.3, -0.25) is 4.79 Å². The number of carboxylic acid groups (broad SMARTS) is 1. The maximum absolute atomic E-state index is 13.6. The molecule has 0 spiro atoms. The molecular formula is C18H14FNO4. The van der Waals surface area contributed by atoms with Crippen molar-refractivity contribution in [3.05, 3.63) is 64.7 Å². The van der Waals surface area contributed by atoms with Crippen LogP contribution in [0.15, 0.2) is 40.8 Å². The van der Waals surface area contributed by atoms with Gasteiger partial charge in [0.25, 0.3) is 5.91 Å². The quantitative estimate of drug-likeness (QED) is 0.758. The lowest BCUT2D eigenvalue weighted by atomic mass is 10.0. The molecule has 0 fully saturated rings. The van der Waals surface area contributed by atoms with Crippen LogP contribution in [0, 0.1) is 19.7 Å². The van der Waals surface area contributed by atoms with E-state index in [1.807, 2.05) is 0 Å². The van der Waals surface area contributed by atoms with E-state index in [2.05, 4.69) is 5.32 Å². The maximum Gasteiger partial charge on any atom is 0.336 e. The van der Waals surface area contributed by atoms with Gasteiger partial charge in [-0.25, -0.2) is 9.18 Å². The summed E-state index contributed by atoms with van der Waals surface area (Å²) in [6.45, 7) is 3.44. The van der Waals surface area contributed by atoms with Crippen molar-refractivity contribution in [1.29, 1.82) is 0 Å². The normalized spacial score (nSPS) is 10.8. The lowest BCUT2D eigenvalue weighted by Gasteiger charge is -2.10. The zero-order valence-electron chi connectivity index (χ0n) is 13.0. The summed E-state index contributed by atoms with van der Waals surface area (Å²) in [6, 6.07) is 8.92. The van der Waals surface area contributed by atoms with Gasteiger partial charge in [0.15, 0.2) is 17.2 Å². The second kappa shape index (κ2) is 5.81. The minimum atomic E-state index is -1.08. The molecule has 3 rings (SSSR count). The number of hydrogen-bond acceptors (Lipinski definition) is 3. The fourth-order valence-electron chi connectivity index (χ4n) is 2.54. The molecule has 0 bridgehead atoms. The molecule has 0 aliphatic heterocycles. The number of furan rings is 1. The number of fused-ring (bicyclic) bond motifs is 1. The summed E-state index contributed by atoms with van der Waals surface area (Å²) in [5.74, 6) is -2.25. The average Bonchev–Trinajstić information content (AvgIpc) is 2.95. The van der Waals surface area contributed by atoms with E-state index in [1.54, 1.807) is 26.0 Å². The van der Waals surface area contributed by atoms with Gasteiger partial charge < -0.3 is 14.8 Å². The van der Waals surface area contributed by atoms with Crippen molar-refractivity contribution in [3.8, 4) is 0 Å². The SMILES string of the molecule is Cc1cc(C)c(C(=O)O)cc1NC(=O)c1cc2cccc(F)c2o1. The molecule has 0 atom stereocenters. The summed E-state index contributed by atoms with van der Waals surface area (Å²) >= 11 is 0. The number of aromatic carboxylic acids is 1. The number of aryl methyl sites for hydroxylation is 2. The van der Waals surface area contributed by atoms with E-state index in [0.717, 1.165) is 0 Å². The number of hydrogen-bond donors (Lipinski definition) is 2. The molecule has 5 nitrogen and oxygen atoms in total. The first kappa shape index (κ1) is 15.7. The summed E-state index contributed by atoms with van der Waals surface area (Å²) in [7, 11) is 0. The maximum atomic E-state index is 13.6. The lowest BCUT2D eigenvalue weighted by Crippen LogP contribution is -2.13. The first-order valence-electron chi connectivity index (χ1n) is 7.21. The van der Waals surface area contributed by atoms with Crippen molar-refractivity contribution in [3.63, 3.8) is 0 Å². The van der Waals surface area contributed by atoms with Crippen molar-refractivity contribution < 1.29 is 23.5 Å². The Morgan fingerprint density at radius 2 is 1.88 bits per heavy atom. The third kappa shape index (κ3) is 2.74.